The Hall–Kier alpha value is -1.84. The van der Waals surface area contributed by atoms with Gasteiger partial charge >= 0.3 is 6.03 Å². The van der Waals surface area contributed by atoms with Gasteiger partial charge in [0.15, 0.2) is 0 Å². The maximum absolute atomic E-state index is 12.9. The Balaban J connectivity index is 2.30. The second-order valence-electron chi connectivity index (χ2n) is 4.82. The van der Waals surface area contributed by atoms with Crippen LogP contribution in [-0.2, 0) is 6.42 Å². The quantitative estimate of drug-likeness (QED) is 0.842. The number of amides is 2. The average Bonchev–Trinajstić information content (AvgIpc) is 2.36. The van der Waals surface area contributed by atoms with E-state index in [4.69, 9.17) is 0 Å². The zero-order valence-corrected chi connectivity index (χ0v) is 11.7. The summed E-state index contributed by atoms with van der Waals surface area (Å²) in [4.78, 5) is 11.5. The maximum atomic E-state index is 12.9. The molecule has 0 unspecified atom stereocenters. The molecule has 19 heavy (non-hydrogen) atoms. The molecule has 1 aromatic rings. The Kier molecular flexibility index (Phi) is 6.06. The first kappa shape index (κ1) is 15.2. The van der Waals surface area contributed by atoms with Gasteiger partial charge in [-0.1, -0.05) is 31.6 Å². The van der Waals surface area contributed by atoms with E-state index in [1.807, 2.05) is 13.0 Å². The fourth-order valence-corrected chi connectivity index (χ4v) is 1.41. The molecule has 1 rings (SSSR count). The number of urea groups is 1. The second-order valence-corrected chi connectivity index (χ2v) is 4.82. The van der Waals surface area contributed by atoms with Gasteiger partial charge in [0.2, 0.25) is 0 Å². The van der Waals surface area contributed by atoms with Crippen molar-refractivity contribution in [2.24, 2.45) is 5.92 Å². The van der Waals surface area contributed by atoms with Gasteiger partial charge in [-0.05, 0) is 37.0 Å². The van der Waals surface area contributed by atoms with Gasteiger partial charge < -0.3 is 10.6 Å². The lowest BCUT2D eigenvalue weighted by molar-refractivity contribution is 0.244. The van der Waals surface area contributed by atoms with E-state index in [1.54, 1.807) is 12.3 Å². The molecule has 0 radical (unpaired) electrons. The Bertz CT molecular complexity index is 455. The molecule has 0 spiro atoms. The van der Waals surface area contributed by atoms with Crippen LogP contribution in [0.5, 0.6) is 0 Å². The number of nitrogens with one attached hydrogen (secondary N) is 2. The highest BCUT2D eigenvalue weighted by Gasteiger charge is 2.00. The summed E-state index contributed by atoms with van der Waals surface area (Å²) in [6.45, 7) is 6.58. The molecular weight excluding hydrogens is 243 g/mol. The number of rotatable bonds is 5. The van der Waals surface area contributed by atoms with Crippen molar-refractivity contribution in [2.75, 3.05) is 6.54 Å². The number of carbonyl (C=O) groups excluding carboxylic acids is 1. The summed E-state index contributed by atoms with van der Waals surface area (Å²) < 4.78 is 12.9. The topological polar surface area (TPSA) is 41.1 Å². The van der Waals surface area contributed by atoms with E-state index >= 15 is 0 Å². The van der Waals surface area contributed by atoms with Gasteiger partial charge in [-0.15, -0.1) is 0 Å². The van der Waals surface area contributed by atoms with E-state index in [-0.39, 0.29) is 11.8 Å². The molecule has 0 fully saturated rings. The van der Waals surface area contributed by atoms with Crippen molar-refractivity contribution < 1.29 is 9.18 Å². The third-order valence-electron chi connectivity index (χ3n) is 2.93. The van der Waals surface area contributed by atoms with Crippen molar-refractivity contribution in [3.63, 3.8) is 0 Å². The SMILES string of the molecule is C/C(=C\NC(=O)NCCc1cccc(F)c1)C(C)C. The van der Waals surface area contributed by atoms with Crippen LogP contribution < -0.4 is 10.6 Å². The van der Waals surface area contributed by atoms with Crippen molar-refractivity contribution in [1.82, 2.24) is 10.6 Å². The lowest BCUT2D eigenvalue weighted by atomic mass is 10.1. The van der Waals surface area contributed by atoms with Crippen LogP contribution in [-0.4, -0.2) is 12.6 Å². The number of benzene rings is 1. The molecule has 2 amide bonds. The molecule has 0 aromatic heterocycles. The summed E-state index contributed by atoms with van der Waals surface area (Å²) >= 11 is 0. The van der Waals surface area contributed by atoms with Crippen LogP contribution in [0.2, 0.25) is 0 Å². The van der Waals surface area contributed by atoms with Crippen LogP contribution in [0.3, 0.4) is 0 Å². The summed E-state index contributed by atoms with van der Waals surface area (Å²) in [6, 6.07) is 6.15. The monoisotopic (exact) mass is 264 g/mol. The molecule has 0 aliphatic rings. The average molecular weight is 264 g/mol. The van der Waals surface area contributed by atoms with Crippen LogP contribution in [0, 0.1) is 11.7 Å². The lowest BCUT2D eigenvalue weighted by Crippen LogP contribution is -2.33. The number of hydrogen-bond donors (Lipinski definition) is 2. The van der Waals surface area contributed by atoms with Gasteiger partial charge in [-0.2, -0.15) is 0 Å². The van der Waals surface area contributed by atoms with Gasteiger partial charge in [0.05, 0.1) is 0 Å². The maximum Gasteiger partial charge on any atom is 0.318 e. The second kappa shape index (κ2) is 7.56. The summed E-state index contributed by atoms with van der Waals surface area (Å²) in [5, 5.41) is 5.40. The molecule has 104 valence electrons. The predicted molar refractivity (Wildman–Crippen MR) is 75.2 cm³/mol. The molecule has 0 bridgehead atoms. The number of allylic oxidation sites excluding steroid dienone is 1. The van der Waals surface area contributed by atoms with Crippen molar-refractivity contribution in [3.8, 4) is 0 Å². The van der Waals surface area contributed by atoms with Gasteiger partial charge in [-0.25, -0.2) is 9.18 Å². The van der Waals surface area contributed by atoms with Crippen molar-refractivity contribution in [3.05, 3.63) is 47.4 Å². The first-order valence-corrected chi connectivity index (χ1v) is 6.44. The summed E-state index contributed by atoms with van der Waals surface area (Å²) in [5.74, 6) is 0.157. The van der Waals surface area contributed by atoms with E-state index in [0.29, 0.717) is 18.9 Å². The van der Waals surface area contributed by atoms with E-state index < -0.39 is 0 Å². The van der Waals surface area contributed by atoms with Crippen LogP contribution in [0.4, 0.5) is 9.18 Å². The summed E-state index contributed by atoms with van der Waals surface area (Å²) in [7, 11) is 0. The smallest absolute Gasteiger partial charge is 0.318 e. The van der Waals surface area contributed by atoms with Crippen molar-refractivity contribution in [1.29, 1.82) is 0 Å². The van der Waals surface area contributed by atoms with Gasteiger partial charge in [0, 0.05) is 12.7 Å². The molecule has 0 saturated carbocycles. The van der Waals surface area contributed by atoms with E-state index in [2.05, 4.69) is 24.5 Å². The fourth-order valence-electron chi connectivity index (χ4n) is 1.41. The minimum Gasteiger partial charge on any atom is -0.338 e. The molecule has 2 N–H and O–H groups in total. The third-order valence-corrected chi connectivity index (χ3v) is 2.93. The third kappa shape index (κ3) is 6.04. The van der Waals surface area contributed by atoms with Crippen molar-refractivity contribution in [2.45, 2.75) is 27.2 Å². The number of carbonyl (C=O) groups is 1. The van der Waals surface area contributed by atoms with Crippen LogP contribution in [0.15, 0.2) is 36.0 Å². The van der Waals surface area contributed by atoms with E-state index in [1.165, 1.54) is 12.1 Å². The lowest BCUT2D eigenvalue weighted by Gasteiger charge is -2.08. The highest BCUT2D eigenvalue weighted by Crippen LogP contribution is 2.05. The van der Waals surface area contributed by atoms with E-state index in [9.17, 15) is 9.18 Å². The zero-order valence-electron chi connectivity index (χ0n) is 11.7. The molecule has 0 saturated heterocycles. The Morgan fingerprint density at radius 2 is 2.16 bits per heavy atom. The standard InChI is InChI=1S/C15H21FN2O/c1-11(2)12(3)10-18-15(19)17-8-7-13-5-4-6-14(16)9-13/h4-6,9-11H,7-8H2,1-3H3,(H2,17,18,19)/b12-10+. The molecule has 1 aromatic carbocycles. The summed E-state index contributed by atoms with van der Waals surface area (Å²) in [6.07, 6.45) is 2.32. The summed E-state index contributed by atoms with van der Waals surface area (Å²) in [5.41, 5.74) is 1.98. The Labute approximate surface area is 113 Å². The number of halogens is 1. The van der Waals surface area contributed by atoms with Crippen LogP contribution in [0.25, 0.3) is 0 Å². The molecule has 4 heteroatoms. The van der Waals surface area contributed by atoms with Gasteiger partial charge in [-0.3, -0.25) is 0 Å². The zero-order chi connectivity index (χ0) is 14.3. The Morgan fingerprint density at radius 3 is 2.79 bits per heavy atom. The molecule has 3 nitrogen and oxygen atoms in total. The molecule has 0 atom stereocenters. The highest BCUT2D eigenvalue weighted by molar-refractivity contribution is 5.74. The first-order chi connectivity index (χ1) is 8.99. The fraction of sp³-hybridized carbons (Fsp3) is 0.400. The highest BCUT2D eigenvalue weighted by atomic mass is 19.1. The largest absolute Gasteiger partial charge is 0.338 e. The minimum atomic E-state index is -0.252. The van der Waals surface area contributed by atoms with E-state index in [0.717, 1.165) is 11.1 Å². The predicted octanol–water partition coefficient (Wildman–Crippen LogP) is 3.23. The molecular formula is C15H21FN2O. The number of hydrogen-bond acceptors (Lipinski definition) is 1. The first-order valence-electron chi connectivity index (χ1n) is 6.44. The Morgan fingerprint density at radius 1 is 1.42 bits per heavy atom. The molecule has 0 heterocycles. The molecule has 0 aliphatic heterocycles. The molecule has 0 aliphatic carbocycles. The van der Waals surface area contributed by atoms with Gasteiger partial charge in [0.25, 0.3) is 0 Å². The normalized spacial score (nSPS) is 11.5. The van der Waals surface area contributed by atoms with Crippen LogP contribution in [0.1, 0.15) is 26.3 Å². The van der Waals surface area contributed by atoms with Crippen LogP contribution >= 0.6 is 0 Å². The van der Waals surface area contributed by atoms with Gasteiger partial charge in [0.1, 0.15) is 5.82 Å². The minimum absolute atomic E-state index is 0.239. The van der Waals surface area contributed by atoms with Crippen molar-refractivity contribution >= 4 is 6.03 Å².